The summed E-state index contributed by atoms with van der Waals surface area (Å²) in [4.78, 5) is 16.2. The minimum absolute atomic E-state index is 0.119. The molecule has 3 aromatic rings. The largest absolute Gasteiger partial charge is 0.494 e. The number of amides is 1. The van der Waals surface area contributed by atoms with Gasteiger partial charge in [-0.1, -0.05) is 11.6 Å². The summed E-state index contributed by atoms with van der Waals surface area (Å²) in [6.45, 7) is 0.744. The average Bonchev–Trinajstić information content (AvgIpc) is 2.69. The molecule has 3 rings (SSSR count). The van der Waals surface area contributed by atoms with Crippen LogP contribution in [0, 0.1) is 5.82 Å². The Morgan fingerprint density at radius 1 is 1.11 bits per heavy atom. The first-order chi connectivity index (χ1) is 13.1. The number of benzene rings is 2. The lowest BCUT2D eigenvalue weighted by Gasteiger charge is -2.10. The van der Waals surface area contributed by atoms with Crippen molar-refractivity contribution >= 4 is 28.4 Å². The van der Waals surface area contributed by atoms with Crippen LogP contribution in [0.2, 0.25) is 5.02 Å². The molecule has 0 saturated carbocycles. The molecular formula is C20H18ClFN2O3. The van der Waals surface area contributed by atoms with Gasteiger partial charge in [0, 0.05) is 18.1 Å². The lowest BCUT2D eigenvalue weighted by molar-refractivity contribution is -0.123. The van der Waals surface area contributed by atoms with E-state index in [1.807, 2.05) is 6.07 Å². The molecule has 0 unspecified atom stereocenters. The normalized spacial score (nSPS) is 10.6. The second-order valence-electron chi connectivity index (χ2n) is 5.74. The van der Waals surface area contributed by atoms with Crippen LogP contribution in [-0.4, -0.2) is 30.6 Å². The van der Waals surface area contributed by atoms with E-state index in [0.717, 1.165) is 5.39 Å². The second-order valence-corrected chi connectivity index (χ2v) is 6.15. The molecule has 0 aliphatic carbocycles. The van der Waals surface area contributed by atoms with Gasteiger partial charge >= 0.3 is 0 Å². The molecule has 0 spiro atoms. The van der Waals surface area contributed by atoms with Crippen LogP contribution in [-0.2, 0) is 4.79 Å². The van der Waals surface area contributed by atoms with E-state index in [2.05, 4.69) is 10.3 Å². The zero-order valence-corrected chi connectivity index (χ0v) is 15.2. The van der Waals surface area contributed by atoms with Crippen molar-refractivity contribution in [2.24, 2.45) is 0 Å². The van der Waals surface area contributed by atoms with Crippen molar-refractivity contribution in [3.05, 3.63) is 65.6 Å². The Morgan fingerprint density at radius 3 is 2.74 bits per heavy atom. The predicted molar refractivity (Wildman–Crippen MR) is 102 cm³/mol. The number of fused-ring (bicyclic) bond motifs is 1. The number of carbonyl (C=O) groups is 1. The molecule has 0 fully saturated rings. The molecule has 27 heavy (non-hydrogen) atoms. The van der Waals surface area contributed by atoms with Crippen molar-refractivity contribution in [1.29, 1.82) is 0 Å². The molecule has 0 aliphatic heterocycles. The molecule has 0 bridgehead atoms. The molecule has 0 atom stereocenters. The van der Waals surface area contributed by atoms with E-state index in [-0.39, 0.29) is 18.3 Å². The Morgan fingerprint density at radius 2 is 1.93 bits per heavy atom. The van der Waals surface area contributed by atoms with Crippen LogP contribution in [0.1, 0.15) is 6.42 Å². The summed E-state index contributed by atoms with van der Waals surface area (Å²) < 4.78 is 23.8. The molecule has 1 heterocycles. The quantitative estimate of drug-likeness (QED) is 0.593. The van der Waals surface area contributed by atoms with Crippen molar-refractivity contribution in [3.63, 3.8) is 0 Å². The van der Waals surface area contributed by atoms with Crippen molar-refractivity contribution in [1.82, 2.24) is 10.3 Å². The molecule has 140 valence electrons. The highest BCUT2D eigenvalue weighted by molar-refractivity contribution is 6.35. The van der Waals surface area contributed by atoms with Gasteiger partial charge in [-0.2, -0.15) is 0 Å². The minimum Gasteiger partial charge on any atom is -0.494 e. The number of nitrogens with zero attached hydrogens (tertiary/aromatic N) is 1. The molecule has 1 aromatic heterocycles. The summed E-state index contributed by atoms with van der Waals surface area (Å²) in [7, 11) is 0. The SMILES string of the molecule is O=C(COc1ccc(Cl)c2cccnc12)NCCCOc1ccc(F)cc1. The lowest BCUT2D eigenvalue weighted by atomic mass is 10.2. The number of nitrogens with one attached hydrogen (secondary N) is 1. The monoisotopic (exact) mass is 388 g/mol. The Balaban J connectivity index is 1.40. The highest BCUT2D eigenvalue weighted by Crippen LogP contribution is 2.29. The predicted octanol–water partition coefficient (Wildman–Crippen LogP) is 3.99. The van der Waals surface area contributed by atoms with Gasteiger partial charge in [-0.25, -0.2) is 4.39 Å². The van der Waals surface area contributed by atoms with Crippen LogP contribution in [0.25, 0.3) is 10.9 Å². The standard InChI is InChI=1S/C20H18ClFN2O3/c21-17-8-9-18(20-16(17)3-1-10-24-20)27-13-19(25)23-11-2-12-26-15-6-4-14(22)5-7-15/h1,3-10H,2,11-13H2,(H,23,25). The third-order valence-electron chi connectivity index (χ3n) is 3.76. The number of halogens is 2. The van der Waals surface area contributed by atoms with Crippen LogP contribution in [0.15, 0.2) is 54.7 Å². The van der Waals surface area contributed by atoms with Crippen LogP contribution in [0.3, 0.4) is 0 Å². The fourth-order valence-electron chi connectivity index (χ4n) is 2.44. The van der Waals surface area contributed by atoms with Gasteiger partial charge < -0.3 is 14.8 Å². The third-order valence-corrected chi connectivity index (χ3v) is 4.09. The number of pyridine rings is 1. The van der Waals surface area contributed by atoms with Crippen molar-refractivity contribution in [2.45, 2.75) is 6.42 Å². The highest BCUT2D eigenvalue weighted by Gasteiger charge is 2.09. The average molecular weight is 389 g/mol. The Bertz CT molecular complexity index is 919. The van der Waals surface area contributed by atoms with Crippen molar-refractivity contribution in [2.75, 3.05) is 19.8 Å². The maximum absolute atomic E-state index is 12.8. The van der Waals surface area contributed by atoms with E-state index in [9.17, 15) is 9.18 Å². The van der Waals surface area contributed by atoms with E-state index in [1.54, 1.807) is 36.5 Å². The number of hydrogen-bond donors (Lipinski definition) is 1. The number of hydrogen-bond acceptors (Lipinski definition) is 4. The number of aromatic nitrogens is 1. The molecule has 5 nitrogen and oxygen atoms in total. The molecular weight excluding hydrogens is 371 g/mol. The molecule has 0 saturated heterocycles. The topological polar surface area (TPSA) is 60.5 Å². The van der Waals surface area contributed by atoms with Gasteiger partial charge in [-0.3, -0.25) is 9.78 Å². The minimum atomic E-state index is -0.307. The molecule has 1 N–H and O–H groups in total. The summed E-state index contributed by atoms with van der Waals surface area (Å²) in [5, 5.41) is 4.11. The lowest BCUT2D eigenvalue weighted by Crippen LogP contribution is -2.30. The summed E-state index contributed by atoms with van der Waals surface area (Å²) in [6, 6.07) is 12.8. The van der Waals surface area contributed by atoms with Gasteiger partial charge in [-0.05, 0) is 55.0 Å². The zero-order valence-electron chi connectivity index (χ0n) is 14.5. The summed E-state index contributed by atoms with van der Waals surface area (Å²) in [5.41, 5.74) is 0.616. The first-order valence-corrected chi connectivity index (χ1v) is 8.82. The maximum atomic E-state index is 12.8. The highest BCUT2D eigenvalue weighted by atomic mass is 35.5. The fraction of sp³-hybridized carbons (Fsp3) is 0.200. The van der Waals surface area contributed by atoms with Crippen LogP contribution < -0.4 is 14.8 Å². The van der Waals surface area contributed by atoms with Gasteiger partial charge in [0.05, 0.1) is 11.6 Å². The summed E-state index contributed by atoms with van der Waals surface area (Å²) in [6.07, 6.45) is 2.27. The Labute approximate surface area is 161 Å². The zero-order chi connectivity index (χ0) is 19.1. The summed E-state index contributed by atoms with van der Waals surface area (Å²) in [5.74, 6) is 0.548. The fourth-order valence-corrected chi connectivity index (χ4v) is 2.66. The summed E-state index contributed by atoms with van der Waals surface area (Å²) >= 11 is 6.14. The molecule has 2 aromatic carbocycles. The molecule has 0 radical (unpaired) electrons. The maximum Gasteiger partial charge on any atom is 0.257 e. The van der Waals surface area contributed by atoms with Crippen molar-refractivity contribution < 1.29 is 18.7 Å². The van der Waals surface area contributed by atoms with E-state index in [4.69, 9.17) is 21.1 Å². The first kappa shape index (κ1) is 18.9. The van der Waals surface area contributed by atoms with Gasteiger partial charge in [0.2, 0.25) is 0 Å². The number of ether oxygens (including phenoxy) is 2. The Kier molecular flexibility index (Phi) is 6.44. The first-order valence-electron chi connectivity index (χ1n) is 8.44. The van der Waals surface area contributed by atoms with Crippen LogP contribution in [0.5, 0.6) is 11.5 Å². The molecule has 0 aliphatic rings. The number of rotatable bonds is 8. The van der Waals surface area contributed by atoms with E-state index < -0.39 is 0 Å². The van der Waals surface area contributed by atoms with Gasteiger partial charge in [0.25, 0.3) is 5.91 Å². The van der Waals surface area contributed by atoms with Crippen LogP contribution >= 0.6 is 11.6 Å². The van der Waals surface area contributed by atoms with Gasteiger partial charge in [0.1, 0.15) is 22.8 Å². The molecule has 7 heteroatoms. The third kappa shape index (κ3) is 5.31. The van der Waals surface area contributed by atoms with Crippen molar-refractivity contribution in [3.8, 4) is 11.5 Å². The van der Waals surface area contributed by atoms with Gasteiger partial charge in [0.15, 0.2) is 6.61 Å². The Hall–Kier alpha value is -2.86. The smallest absolute Gasteiger partial charge is 0.257 e. The second kappa shape index (κ2) is 9.19. The molecule has 1 amide bonds. The number of carbonyl (C=O) groups excluding carboxylic acids is 1. The van der Waals surface area contributed by atoms with Crippen LogP contribution in [0.4, 0.5) is 4.39 Å². The van der Waals surface area contributed by atoms with E-state index >= 15 is 0 Å². The van der Waals surface area contributed by atoms with E-state index in [1.165, 1.54) is 12.1 Å². The van der Waals surface area contributed by atoms with E-state index in [0.29, 0.717) is 41.6 Å². The van der Waals surface area contributed by atoms with Gasteiger partial charge in [-0.15, -0.1) is 0 Å².